The molecule has 6 nitrogen and oxygen atoms in total. The SMILES string of the molecule is CCCCN(C)C(=O)C(C)(C)C(=O)Nc1ccc2c(c1)OCO2. The molecule has 2 amide bonds. The molecule has 0 radical (unpaired) electrons. The van der Waals surface area contributed by atoms with Crippen LogP contribution in [0.3, 0.4) is 0 Å². The lowest BCUT2D eigenvalue weighted by molar-refractivity contribution is -0.145. The minimum Gasteiger partial charge on any atom is -0.454 e. The standard InChI is InChI=1S/C17H24N2O4/c1-5-6-9-19(4)16(21)17(2,3)15(20)18-12-7-8-13-14(10-12)23-11-22-13/h7-8,10H,5-6,9,11H2,1-4H3,(H,18,20). The molecule has 2 rings (SSSR count). The Morgan fingerprint density at radius 3 is 2.65 bits per heavy atom. The molecular weight excluding hydrogens is 296 g/mol. The zero-order valence-electron chi connectivity index (χ0n) is 14.1. The number of nitrogens with one attached hydrogen (secondary N) is 1. The summed E-state index contributed by atoms with van der Waals surface area (Å²) in [6, 6.07) is 5.16. The number of benzene rings is 1. The van der Waals surface area contributed by atoms with Gasteiger partial charge in [0, 0.05) is 25.3 Å². The van der Waals surface area contributed by atoms with E-state index in [2.05, 4.69) is 12.2 Å². The van der Waals surface area contributed by atoms with Crippen molar-refractivity contribution >= 4 is 17.5 Å². The van der Waals surface area contributed by atoms with Gasteiger partial charge in [0.05, 0.1) is 0 Å². The molecule has 0 bridgehead atoms. The van der Waals surface area contributed by atoms with Crippen LogP contribution in [0.25, 0.3) is 0 Å². The Labute approximate surface area is 136 Å². The summed E-state index contributed by atoms with van der Waals surface area (Å²) in [4.78, 5) is 26.6. The summed E-state index contributed by atoms with van der Waals surface area (Å²) in [7, 11) is 1.73. The van der Waals surface area contributed by atoms with Crippen molar-refractivity contribution in [1.82, 2.24) is 4.90 Å². The second-order valence-electron chi connectivity index (χ2n) is 6.23. The lowest BCUT2D eigenvalue weighted by atomic mass is 9.90. The molecule has 0 aromatic heterocycles. The zero-order valence-corrected chi connectivity index (χ0v) is 14.1. The van der Waals surface area contributed by atoms with Gasteiger partial charge in [-0.15, -0.1) is 0 Å². The van der Waals surface area contributed by atoms with Crippen molar-refractivity contribution in [1.29, 1.82) is 0 Å². The van der Waals surface area contributed by atoms with Gasteiger partial charge in [-0.25, -0.2) is 0 Å². The third-order valence-electron chi connectivity index (χ3n) is 3.93. The van der Waals surface area contributed by atoms with Crippen LogP contribution in [0.4, 0.5) is 5.69 Å². The summed E-state index contributed by atoms with van der Waals surface area (Å²) in [5.41, 5.74) is -0.560. The number of fused-ring (bicyclic) bond motifs is 1. The van der Waals surface area contributed by atoms with Crippen LogP contribution in [0.15, 0.2) is 18.2 Å². The number of hydrogen-bond acceptors (Lipinski definition) is 4. The lowest BCUT2D eigenvalue weighted by Crippen LogP contribution is -2.46. The molecule has 0 saturated heterocycles. The summed E-state index contributed by atoms with van der Waals surface area (Å²) < 4.78 is 10.5. The number of nitrogens with zero attached hydrogens (tertiary/aromatic N) is 1. The van der Waals surface area contributed by atoms with Crippen LogP contribution in [-0.2, 0) is 9.59 Å². The fourth-order valence-corrected chi connectivity index (χ4v) is 2.33. The summed E-state index contributed by atoms with van der Waals surface area (Å²) in [5, 5.41) is 2.78. The Hall–Kier alpha value is -2.24. The number of hydrogen-bond donors (Lipinski definition) is 1. The van der Waals surface area contributed by atoms with Crippen LogP contribution in [-0.4, -0.2) is 37.1 Å². The normalized spacial score (nSPS) is 12.9. The number of carbonyl (C=O) groups is 2. The molecular formula is C17H24N2O4. The molecule has 0 spiro atoms. The van der Waals surface area contributed by atoms with E-state index in [9.17, 15) is 9.59 Å². The molecule has 0 atom stereocenters. The minimum absolute atomic E-state index is 0.179. The molecule has 1 heterocycles. The molecule has 0 saturated carbocycles. The van der Waals surface area contributed by atoms with E-state index < -0.39 is 5.41 Å². The van der Waals surface area contributed by atoms with Crippen LogP contribution in [0.1, 0.15) is 33.6 Å². The highest BCUT2D eigenvalue weighted by Gasteiger charge is 2.38. The summed E-state index contributed by atoms with van der Waals surface area (Å²) in [6.45, 7) is 6.17. The average molecular weight is 320 g/mol. The first kappa shape index (κ1) is 17.1. The highest BCUT2D eigenvalue weighted by atomic mass is 16.7. The summed E-state index contributed by atoms with van der Waals surface area (Å²) in [6.07, 6.45) is 1.92. The van der Waals surface area contributed by atoms with E-state index in [4.69, 9.17) is 9.47 Å². The molecule has 1 aliphatic rings. The van der Waals surface area contributed by atoms with Crippen molar-refractivity contribution in [3.63, 3.8) is 0 Å². The quantitative estimate of drug-likeness (QED) is 0.818. The van der Waals surface area contributed by atoms with Crippen LogP contribution >= 0.6 is 0 Å². The van der Waals surface area contributed by atoms with Crippen LogP contribution in [0.5, 0.6) is 11.5 Å². The van der Waals surface area contributed by atoms with E-state index in [0.717, 1.165) is 12.8 Å². The highest BCUT2D eigenvalue weighted by Crippen LogP contribution is 2.34. The van der Waals surface area contributed by atoms with Gasteiger partial charge >= 0.3 is 0 Å². The molecule has 0 fully saturated rings. The fraction of sp³-hybridized carbons (Fsp3) is 0.529. The molecule has 6 heteroatoms. The van der Waals surface area contributed by atoms with Gasteiger partial charge in [0.2, 0.25) is 18.6 Å². The maximum atomic E-state index is 12.5. The number of anilines is 1. The zero-order chi connectivity index (χ0) is 17.0. The van der Waals surface area contributed by atoms with E-state index in [1.54, 1.807) is 44.0 Å². The predicted molar refractivity (Wildman–Crippen MR) is 87.5 cm³/mol. The molecule has 0 aliphatic carbocycles. The first-order valence-electron chi connectivity index (χ1n) is 7.83. The molecule has 126 valence electrons. The van der Waals surface area contributed by atoms with Gasteiger partial charge in [-0.2, -0.15) is 0 Å². The number of amides is 2. The maximum absolute atomic E-state index is 12.5. The monoisotopic (exact) mass is 320 g/mol. The molecule has 1 aliphatic heterocycles. The topological polar surface area (TPSA) is 67.9 Å². The van der Waals surface area contributed by atoms with Crippen LogP contribution < -0.4 is 14.8 Å². The third kappa shape index (κ3) is 3.75. The van der Waals surface area contributed by atoms with Gasteiger partial charge in [-0.3, -0.25) is 9.59 Å². The van der Waals surface area contributed by atoms with Crippen molar-refractivity contribution in [3.05, 3.63) is 18.2 Å². The third-order valence-corrected chi connectivity index (χ3v) is 3.93. The van der Waals surface area contributed by atoms with Gasteiger partial charge in [-0.1, -0.05) is 13.3 Å². The van der Waals surface area contributed by atoms with E-state index in [1.807, 2.05) is 0 Å². The Balaban J connectivity index is 2.04. The Morgan fingerprint density at radius 1 is 1.26 bits per heavy atom. The van der Waals surface area contributed by atoms with Gasteiger partial charge in [0.1, 0.15) is 5.41 Å². The summed E-state index contributed by atoms with van der Waals surface area (Å²) in [5.74, 6) is 0.707. The first-order chi connectivity index (χ1) is 10.9. The van der Waals surface area contributed by atoms with Gasteiger partial charge < -0.3 is 19.7 Å². The second-order valence-corrected chi connectivity index (χ2v) is 6.23. The molecule has 1 aromatic carbocycles. The number of carbonyl (C=O) groups excluding carboxylic acids is 2. The van der Waals surface area contributed by atoms with E-state index in [-0.39, 0.29) is 18.6 Å². The highest BCUT2D eigenvalue weighted by molar-refractivity contribution is 6.09. The van der Waals surface area contributed by atoms with E-state index in [1.165, 1.54) is 0 Å². The maximum Gasteiger partial charge on any atom is 0.239 e. The van der Waals surface area contributed by atoms with E-state index in [0.29, 0.717) is 23.7 Å². The van der Waals surface area contributed by atoms with Crippen molar-refractivity contribution in [2.75, 3.05) is 25.7 Å². The average Bonchev–Trinajstić information content (AvgIpc) is 2.99. The molecule has 1 N–H and O–H groups in total. The first-order valence-corrected chi connectivity index (χ1v) is 7.83. The van der Waals surface area contributed by atoms with Gasteiger partial charge in [0.25, 0.3) is 0 Å². The van der Waals surface area contributed by atoms with Crippen molar-refractivity contribution in [2.45, 2.75) is 33.6 Å². The summed E-state index contributed by atoms with van der Waals surface area (Å²) >= 11 is 0. The van der Waals surface area contributed by atoms with Crippen LogP contribution in [0.2, 0.25) is 0 Å². The minimum atomic E-state index is -1.14. The fourth-order valence-electron chi connectivity index (χ4n) is 2.33. The largest absolute Gasteiger partial charge is 0.454 e. The van der Waals surface area contributed by atoms with Crippen LogP contribution in [0, 0.1) is 5.41 Å². The number of ether oxygens (including phenoxy) is 2. The van der Waals surface area contributed by atoms with Gasteiger partial charge in [0.15, 0.2) is 11.5 Å². The van der Waals surface area contributed by atoms with Crippen molar-refractivity contribution in [2.24, 2.45) is 5.41 Å². The molecule has 1 aromatic rings. The van der Waals surface area contributed by atoms with E-state index >= 15 is 0 Å². The Bertz CT molecular complexity index is 598. The Morgan fingerprint density at radius 2 is 1.96 bits per heavy atom. The number of unbranched alkanes of at least 4 members (excludes halogenated alkanes) is 1. The Kier molecular flexibility index (Phi) is 5.13. The number of rotatable bonds is 6. The second kappa shape index (κ2) is 6.89. The molecule has 23 heavy (non-hydrogen) atoms. The van der Waals surface area contributed by atoms with Crippen molar-refractivity contribution in [3.8, 4) is 11.5 Å². The molecule has 0 unspecified atom stereocenters. The smallest absolute Gasteiger partial charge is 0.239 e. The van der Waals surface area contributed by atoms with Gasteiger partial charge in [-0.05, 0) is 32.4 Å². The lowest BCUT2D eigenvalue weighted by Gasteiger charge is -2.28. The van der Waals surface area contributed by atoms with Crippen molar-refractivity contribution < 1.29 is 19.1 Å². The predicted octanol–water partition coefficient (Wildman–Crippen LogP) is 2.64.